The summed E-state index contributed by atoms with van der Waals surface area (Å²) in [6.07, 6.45) is -4.41. The van der Waals surface area contributed by atoms with Gasteiger partial charge in [0.2, 0.25) is 0 Å². The summed E-state index contributed by atoms with van der Waals surface area (Å²) in [5, 5.41) is 13.1. The molecule has 0 fully saturated rings. The van der Waals surface area contributed by atoms with E-state index in [1.165, 1.54) is 48.3 Å². The molecule has 2 aromatic carbocycles. The van der Waals surface area contributed by atoms with E-state index in [4.69, 9.17) is 0 Å². The van der Waals surface area contributed by atoms with Gasteiger partial charge in [0.1, 0.15) is 0 Å². The van der Waals surface area contributed by atoms with Gasteiger partial charge in [0.05, 0.1) is 10.5 Å². The van der Waals surface area contributed by atoms with Gasteiger partial charge in [-0.15, -0.1) is 0 Å². The van der Waals surface area contributed by atoms with E-state index in [-0.39, 0.29) is 12.2 Å². The van der Waals surface area contributed by atoms with Crippen LogP contribution in [-0.2, 0) is 12.7 Å². The average molecular weight is 353 g/mol. The highest BCUT2D eigenvalue weighted by Crippen LogP contribution is 2.29. The summed E-state index contributed by atoms with van der Waals surface area (Å²) in [6.45, 7) is 0.108. The predicted octanol–water partition coefficient (Wildman–Crippen LogP) is 4.28. The van der Waals surface area contributed by atoms with Crippen LogP contribution in [0.2, 0.25) is 0 Å². The third kappa shape index (κ3) is 4.93. The van der Waals surface area contributed by atoms with Crippen LogP contribution in [0.25, 0.3) is 0 Å². The largest absolute Gasteiger partial charge is 0.416 e. The molecule has 1 N–H and O–H groups in total. The third-order valence-corrected chi connectivity index (χ3v) is 3.38. The van der Waals surface area contributed by atoms with Crippen molar-refractivity contribution >= 4 is 17.4 Å². The van der Waals surface area contributed by atoms with E-state index in [1.807, 2.05) is 0 Å². The lowest BCUT2D eigenvalue weighted by molar-refractivity contribution is -0.384. The first-order valence-corrected chi connectivity index (χ1v) is 7.09. The van der Waals surface area contributed by atoms with Gasteiger partial charge in [-0.2, -0.15) is 13.2 Å². The van der Waals surface area contributed by atoms with E-state index in [2.05, 4.69) is 5.32 Å². The van der Waals surface area contributed by atoms with Crippen molar-refractivity contribution in [2.45, 2.75) is 12.7 Å². The second-order valence-electron chi connectivity index (χ2n) is 5.28. The minimum atomic E-state index is -4.41. The molecule has 2 amide bonds. The summed E-state index contributed by atoms with van der Waals surface area (Å²) >= 11 is 0. The van der Waals surface area contributed by atoms with Crippen molar-refractivity contribution in [3.63, 3.8) is 0 Å². The van der Waals surface area contributed by atoms with Crippen molar-refractivity contribution in [2.24, 2.45) is 0 Å². The number of hydrogen-bond donors (Lipinski definition) is 1. The van der Waals surface area contributed by atoms with Crippen LogP contribution in [0.3, 0.4) is 0 Å². The van der Waals surface area contributed by atoms with E-state index in [9.17, 15) is 28.1 Å². The standard InChI is InChI=1S/C16H14F3N3O3/c1-21(10-11-2-4-12(5-3-11)16(17,18)19)15(23)20-13-6-8-14(9-7-13)22(24)25/h2-9H,10H2,1H3,(H,20,23). The molecule has 0 aliphatic heterocycles. The molecule has 0 aliphatic carbocycles. The van der Waals surface area contributed by atoms with Crippen molar-refractivity contribution in [2.75, 3.05) is 12.4 Å². The molecule has 0 radical (unpaired) electrons. The lowest BCUT2D eigenvalue weighted by Crippen LogP contribution is -2.30. The number of nitro benzene ring substituents is 1. The Labute approximate surface area is 141 Å². The van der Waals surface area contributed by atoms with Gasteiger partial charge < -0.3 is 10.2 Å². The van der Waals surface area contributed by atoms with E-state index < -0.39 is 22.7 Å². The normalized spacial score (nSPS) is 11.0. The molecule has 0 saturated carbocycles. The number of carbonyl (C=O) groups is 1. The molecule has 0 aliphatic rings. The monoisotopic (exact) mass is 353 g/mol. The van der Waals surface area contributed by atoms with E-state index in [1.54, 1.807) is 0 Å². The van der Waals surface area contributed by atoms with Crippen molar-refractivity contribution in [3.8, 4) is 0 Å². The zero-order chi connectivity index (χ0) is 18.6. The zero-order valence-electron chi connectivity index (χ0n) is 13.1. The summed E-state index contributed by atoms with van der Waals surface area (Å²) in [5.74, 6) is 0. The van der Waals surface area contributed by atoms with Gasteiger partial charge in [0.15, 0.2) is 0 Å². The molecular formula is C16H14F3N3O3. The van der Waals surface area contributed by atoms with Gasteiger partial charge in [-0.25, -0.2) is 4.79 Å². The number of anilines is 1. The molecule has 132 valence electrons. The molecule has 0 heterocycles. The molecule has 0 bridgehead atoms. The Hall–Kier alpha value is -3.10. The summed E-state index contributed by atoms with van der Waals surface area (Å²) in [6, 6.07) is 9.32. The van der Waals surface area contributed by atoms with Crippen LogP contribution < -0.4 is 5.32 Å². The Kier molecular flexibility index (Phi) is 5.26. The van der Waals surface area contributed by atoms with Crippen molar-refractivity contribution in [1.82, 2.24) is 4.90 Å². The molecule has 0 spiro atoms. The minimum Gasteiger partial charge on any atom is -0.323 e. The second-order valence-corrected chi connectivity index (χ2v) is 5.28. The SMILES string of the molecule is CN(Cc1ccc(C(F)(F)F)cc1)C(=O)Nc1ccc([N+](=O)[O-])cc1. The summed E-state index contributed by atoms with van der Waals surface area (Å²) in [7, 11) is 1.48. The first-order chi connectivity index (χ1) is 11.7. The number of urea groups is 1. The van der Waals surface area contributed by atoms with Crippen LogP contribution in [0.1, 0.15) is 11.1 Å². The minimum absolute atomic E-state index is 0.101. The number of nitrogens with one attached hydrogen (secondary N) is 1. The van der Waals surface area contributed by atoms with Gasteiger partial charge >= 0.3 is 12.2 Å². The van der Waals surface area contributed by atoms with Crippen LogP contribution >= 0.6 is 0 Å². The maximum Gasteiger partial charge on any atom is 0.416 e. The van der Waals surface area contributed by atoms with Crippen LogP contribution in [0, 0.1) is 10.1 Å². The van der Waals surface area contributed by atoms with Crippen LogP contribution in [0.15, 0.2) is 48.5 Å². The molecule has 25 heavy (non-hydrogen) atoms. The van der Waals surface area contributed by atoms with Gasteiger partial charge in [-0.1, -0.05) is 12.1 Å². The number of benzene rings is 2. The zero-order valence-corrected chi connectivity index (χ0v) is 13.1. The van der Waals surface area contributed by atoms with E-state index in [0.717, 1.165) is 12.1 Å². The molecule has 0 atom stereocenters. The average Bonchev–Trinajstić information content (AvgIpc) is 2.55. The summed E-state index contributed by atoms with van der Waals surface area (Å²) < 4.78 is 37.5. The van der Waals surface area contributed by atoms with Crippen LogP contribution in [-0.4, -0.2) is 22.9 Å². The molecular weight excluding hydrogens is 339 g/mol. The second kappa shape index (κ2) is 7.20. The number of hydrogen-bond acceptors (Lipinski definition) is 3. The smallest absolute Gasteiger partial charge is 0.323 e. The van der Waals surface area contributed by atoms with Gasteiger partial charge in [0.25, 0.3) is 5.69 Å². The number of non-ortho nitro benzene ring substituents is 1. The fraction of sp³-hybridized carbons (Fsp3) is 0.188. The number of nitrogens with zero attached hydrogens (tertiary/aromatic N) is 2. The number of nitro groups is 1. The molecule has 9 heteroatoms. The van der Waals surface area contributed by atoms with Crippen molar-refractivity contribution in [1.29, 1.82) is 0 Å². The van der Waals surface area contributed by atoms with E-state index in [0.29, 0.717) is 11.3 Å². The highest BCUT2D eigenvalue weighted by Gasteiger charge is 2.29. The van der Waals surface area contributed by atoms with Crippen molar-refractivity contribution in [3.05, 3.63) is 69.8 Å². The maximum absolute atomic E-state index is 12.5. The lowest BCUT2D eigenvalue weighted by Gasteiger charge is -2.18. The van der Waals surface area contributed by atoms with Crippen molar-refractivity contribution < 1.29 is 22.9 Å². The predicted molar refractivity (Wildman–Crippen MR) is 85.0 cm³/mol. The topological polar surface area (TPSA) is 75.5 Å². The van der Waals surface area contributed by atoms with Gasteiger partial charge in [-0.05, 0) is 29.8 Å². The Morgan fingerprint density at radius 3 is 2.16 bits per heavy atom. The summed E-state index contributed by atoms with van der Waals surface area (Å²) in [4.78, 5) is 23.4. The highest BCUT2D eigenvalue weighted by molar-refractivity contribution is 5.89. The van der Waals surface area contributed by atoms with E-state index >= 15 is 0 Å². The molecule has 2 rings (SSSR count). The Bertz CT molecular complexity index is 759. The van der Waals surface area contributed by atoms with Gasteiger partial charge in [0, 0.05) is 31.4 Å². The Balaban J connectivity index is 1.96. The number of halogens is 3. The fourth-order valence-corrected chi connectivity index (χ4v) is 2.03. The maximum atomic E-state index is 12.5. The number of carbonyl (C=O) groups excluding carboxylic acids is 1. The van der Waals surface area contributed by atoms with Gasteiger partial charge in [-0.3, -0.25) is 10.1 Å². The third-order valence-electron chi connectivity index (χ3n) is 3.38. The Morgan fingerprint density at radius 2 is 1.68 bits per heavy atom. The highest BCUT2D eigenvalue weighted by atomic mass is 19.4. The van der Waals surface area contributed by atoms with Crippen LogP contribution in [0.4, 0.5) is 29.3 Å². The van der Waals surface area contributed by atoms with Crippen LogP contribution in [0.5, 0.6) is 0 Å². The molecule has 0 aromatic heterocycles. The quantitative estimate of drug-likeness (QED) is 0.658. The fourth-order valence-electron chi connectivity index (χ4n) is 2.03. The lowest BCUT2D eigenvalue weighted by atomic mass is 10.1. The number of alkyl halides is 3. The first kappa shape index (κ1) is 18.2. The molecule has 2 aromatic rings. The molecule has 0 saturated heterocycles. The Morgan fingerprint density at radius 1 is 1.12 bits per heavy atom. The first-order valence-electron chi connectivity index (χ1n) is 7.09. The summed E-state index contributed by atoms with van der Waals surface area (Å²) in [5.41, 5.74) is 0.0505. The number of amides is 2. The number of rotatable bonds is 4. The molecule has 6 nitrogen and oxygen atoms in total. The molecule has 0 unspecified atom stereocenters.